The fourth-order valence-electron chi connectivity index (χ4n) is 1.26. The third-order valence-electron chi connectivity index (χ3n) is 1.93. The van der Waals surface area contributed by atoms with E-state index in [-0.39, 0.29) is 0 Å². The first-order valence-electron chi connectivity index (χ1n) is 5.58. The molecule has 5 heteroatoms. The molecule has 0 atom stereocenters. The van der Waals surface area contributed by atoms with Crippen molar-refractivity contribution in [2.75, 3.05) is 0 Å². The van der Waals surface area contributed by atoms with E-state index in [2.05, 4.69) is 5.32 Å². The van der Waals surface area contributed by atoms with Crippen molar-refractivity contribution < 1.29 is 19.1 Å². The third kappa shape index (κ3) is 4.86. The lowest BCUT2D eigenvalue weighted by atomic mass is 10.2. The Balaban J connectivity index is 2.71. The number of para-hydroxylation sites is 1. The van der Waals surface area contributed by atoms with Gasteiger partial charge in [0.05, 0.1) is 0 Å². The molecule has 0 heterocycles. The molecule has 0 fully saturated rings. The van der Waals surface area contributed by atoms with Crippen LogP contribution in [0.2, 0.25) is 0 Å². The van der Waals surface area contributed by atoms with Crippen molar-refractivity contribution in [1.29, 1.82) is 0 Å². The van der Waals surface area contributed by atoms with Gasteiger partial charge in [0.2, 0.25) is 6.41 Å². The summed E-state index contributed by atoms with van der Waals surface area (Å²) >= 11 is 0. The van der Waals surface area contributed by atoms with E-state index < -0.39 is 11.8 Å². The van der Waals surface area contributed by atoms with Crippen molar-refractivity contribution in [2.45, 2.75) is 32.9 Å². The van der Waals surface area contributed by atoms with E-state index in [9.17, 15) is 9.59 Å². The molecule has 0 aliphatic rings. The zero-order valence-electron chi connectivity index (χ0n) is 10.7. The van der Waals surface area contributed by atoms with Crippen LogP contribution in [-0.2, 0) is 16.1 Å². The number of carbonyl (C=O) groups excluding carboxylic acids is 2. The molecule has 5 nitrogen and oxygen atoms in total. The van der Waals surface area contributed by atoms with Gasteiger partial charge in [0.25, 0.3) is 0 Å². The number of hydrogen-bond donors (Lipinski definition) is 1. The average Bonchev–Trinajstić information content (AvgIpc) is 2.25. The van der Waals surface area contributed by atoms with Crippen LogP contribution in [0.5, 0.6) is 5.75 Å². The summed E-state index contributed by atoms with van der Waals surface area (Å²) in [5, 5.41) is 2.51. The molecular weight excluding hydrogens is 234 g/mol. The van der Waals surface area contributed by atoms with Gasteiger partial charge in [0.15, 0.2) is 0 Å². The van der Waals surface area contributed by atoms with E-state index >= 15 is 0 Å². The fourth-order valence-corrected chi connectivity index (χ4v) is 1.26. The molecule has 1 rings (SSSR count). The molecule has 0 saturated heterocycles. The minimum atomic E-state index is -0.763. The highest BCUT2D eigenvalue weighted by Crippen LogP contribution is 2.19. The molecule has 1 aromatic rings. The fraction of sp³-hybridized carbons (Fsp3) is 0.385. The molecule has 18 heavy (non-hydrogen) atoms. The summed E-state index contributed by atoms with van der Waals surface area (Å²) in [6, 6.07) is 6.94. The topological polar surface area (TPSA) is 64.6 Å². The van der Waals surface area contributed by atoms with Gasteiger partial charge in [-0.25, -0.2) is 4.79 Å². The number of amides is 1. The lowest BCUT2D eigenvalue weighted by molar-refractivity contribution is -0.109. The Morgan fingerprint density at radius 3 is 2.61 bits per heavy atom. The van der Waals surface area contributed by atoms with Crippen LogP contribution in [0.15, 0.2) is 24.3 Å². The highest BCUT2D eigenvalue weighted by molar-refractivity contribution is 5.65. The standard InChI is InChI=1S/C13H17NO4/c1-13(2,3)18-12(16)17-11-7-5-4-6-10(11)8-14-9-15/h4-7,9H,8H2,1-3H3,(H,14,15). The minimum absolute atomic E-state index is 0.294. The van der Waals surface area contributed by atoms with Gasteiger partial charge in [-0.3, -0.25) is 4.79 Å². The lowest BCUT2D eigenvalue weighted by Crippen LogP contribution is -2.26. The molecule has 0 aromatic heterocycles. The highest BCUT2D eigenvalue weighted by atomic mass is 16.7. The third-order valence-corrected chi connectivity index (χ3v) is 1.93. The van der Waals surface area contributed by atoms with Crippen LogP contribution < -0.4 is 10.1 Å². The number of carbonyl (C=O) groups is 2. The Morgan fingerprint density at radius 2 is 2.00 bits per heavy atom. The number of benzene rings is 1. The van der Waals surface area contributed by atoms with E-state index in [4.69, 9.17) is 9.47 Å². The molecule has 0 radical (unpaired) electrons. The van der Waals surface area contributed by atoms with Crippen LogP contribution in [0, 0.1) is 0 Å². The molecule has 1 N–H and O–H groups in total. The lowest BCUT2D eigenvalue weighted by Gasteiger charge is -2.19. The zero-order chi connectivity index (χ0) is 13.6. The van der Waals surface area contributed by atoms with Gasteiger partial charge in [0.1, 0.15) is 11.4 Å². The van der Waals surface area contributed by atoms with E-state index in [0.29, 0.717) is 24.3 Å². The summed E-state index contributed by atoms with van der Waals surface area (Å²) in [6.07, 6.45) is -0.175. The summed E-state index contributed by atoms with van der Waals surface area (Å²) < 4.78 is 10.2. The Morgan fingerprint density at radius 1 is 1.33 bits per heavy atom. The van der Waals surface area contributed by atoms with Gasteiger partial charge in [-0.15, -0.1) is 0 Å². The normalized spacial score (nSPS) is 10.6. The van der Waals surface area contributed by atoms with E-state index in [1.54, 1.807) is 45.0 Å². The van der Waals surface area contributed by atoms with Crippen LogP contribution in [0.4, 0.5) is 4.79 Å². The zero-order valence-corrected chi connectivity index (χ0v) is 10.7. The summed E-state index contributed by atoms with van der Waals surface area (Å²) in [5.74, 6) is 0.376. The Labute approximate surface area is 106 Å². The van der Waals surface area contributed by atoms with Gasteiger partial charge < -0.3 is 14.8 Å². The van der Waals surface area contributed by atoms with E-state index in [1.165, 1.54) is 0 Å². The first-order chi connectivity index (χ1) is 8.42. The molecule has 0 unspecified atom stereocenters. The SMILES string of the molecule is CC(C)(C)OC(=O)Oc1ccccc1CNC=O. The van der Waals surface area contributed by atoms with Gasteiger partial charge in [-0.1, -0.05) is 18.2 Å². The molecule has 0 saturated carbocycles. The van der Waals surface area contributed by atoms with Crippen molar-refractivity contribution >= 4 is 12.6 Å². The van der Waals surface area contributed by atoms with Crippen molar-refractivity contribution in [1.82, 2.24) is 5.32 Å². The molecular formula is C13H17NO4. The molecule has 1 amide bonds. The highest BCUT2D eigenvalue weighted by Gasteiger charge is 2.18. The number of hydrogen-bond acceptors (Lipinski definition) is 4. The molecule has 0 bridgehead atoms. The van der Waals surface area contributed by atoms with Gasteiger partial charge in [0, 0.05) is 12.1 Å². The van der Waals surface area contributed by atoms with E-state index in [0.717, 1.165) is 0 Å². The van der Waals surface area contributed by atoms with Crippen molar-refractivity contribution in [3.63, 3.8) is 0 Å². The summed E-state index contributed by atoms with van der Waals surface area (Å²) in [7, 11) is 0. The number of nitrogens with one attached hydrogen (secondary N) is 1. The van der Waals surface area contributed by atoms with Crippen molar-refractivity contribution in [3.8, 4) is 5.75 Å². The van der Waals surface area contributed by atoms with Crippen molar-refractivity contribution in [3.05, 3.63) is 29.8 Å². The second kappa shape index (κ2) is 6.05. The maximum Gasteiger partial charge on any atom is 0.514 e. The molecule has 0 aliphatic carbocycles. The van der Waals surface area contributed by atoms with Crippen LogP contribution in [-0.4, -0.2) is 18.2 Å². The Bertz CT molecular complexity index is 423. The molecule has 98 valence electrons. The first kappa shape index (κ1) is 14.0. The summed E-state index contributed by atoms with van der Waals surface area (Å²) in [5.41, 5.74) is 0.100. The second-order valence-corrected chi connectivity index (χ2v) is 4.67. The average molecular weight is 251 g/mol. The summed E-state index contributed by atoms with van der Waals surface area (Å²) in [4.78, 5) is 21.8. The van der Waals surface area contributed by atoms with Gasteiger partial charge in [-0.2, -0.15) is 0 Å². The molecule has 0 aliphatic heterocycles. The van der Waals surface area contributed by atoms with Crippen molar-refractivity contribution in [2.24, 2.45) is 0 Å². The Hall–Kier alpha value is -2.04. The van der Waals surface area contributed by atoms with E-state index in [1.807, 2.05) is 0 Å². The molecule has 0 spiro atoms. The van der Waals surface area contributed by atoms with Crippen LogP contribution in [0.1, 0.15) is 26.3 Å². The number of rotatable bonds is 4. The molecule has 1 aromatic carbocycles. The van der Waals surface area contributed by atoms with Gasteiger partial charge in [-0.05, 0) is 26.8 Å². The van der Waals surface area contributed by atoms with Crippen LogP contribution in [0.3, 0.4) is 0 Å². The number of ether oxygens (including phenoxy) is 2. The predicted octanol–water partition coefficient (Wildman–Crippen LogP) is 2.25. The predicted molar refractivity (Wildman–Crippen MR) is 66.2 cm³/mol. The summed E-state index contributed by atoms with van der Waals surface area (Å²) in [6.45, 7) is 5.57. The van der Waals surface area contributed by atoms with Crippen LogP contribution >= 0.6 is 0 Å². The maximum absolute atomic E-state index is 11.5. The quantitative estimate of drug-likeness (QED) is 0.506. The largest absolute Gasteiger partial charge is 0.514 e. The van der Waals surface area contributed by atoms with Crippen LogP contribution in [0.25, 0.3) is 0 Å². The monoisotopic (exact) mass is 251 g/mol. The minimum Gasteiger partial charge on any atom is -0.428 e. The Kier molecular flexibility index (Phi) is 4.71. The van der Waals surface area contributed by atoms with Gasteiger partial charge >= 0.3 is 6.16 Å². The maximum atomic E-state index is 11.5. The first-order valence-corrected chi connectivity index (χ1v) is 5.58. The second-order valence-electron chi connectivity index (χ2n) is 4.67. The smallest absolute Gasteiger partial charge is 0.428 e.